The van der Waals surface area contributed by atoms with Gasteiger partial charge in [-0.25, -0.2) is 8.42 Å². The Hall–Kier alpha value is -3.66. The van der Waals surface area contributed by atoms with Crippen molar-refractivity contribution in [1.29, 1.82) is 0 Å². The Balaban J connectivity index is 1.81. The molecule has 2 unspecified atom stereocenters. The lowest BCUT2D eigenvalue weighted by atomic mass is 10.0. The van der Waals surface area contributed by atoms with Crippen LogP contribution in [0.25, 0.3) is 0 Å². The molecule has 2 atom stereocenters. The van der Waals surface area contributed by atoms with E-state index in [1.54, 1.807) is 25.1 Å². The van der Waals surface area contributed by atoms with E-state index in [2.05, 4.69) is 21.2 Å². The molecule has 0 aliphatic heterocycles. The molecule has 1 N–H and O–H groups in total. The monoisotopic (exact) mass is 709 g/mol. The first-order valence-electron chi connectivity index (χ1n) is 14.7. The predicted octanol–water partition coefficient (Wildman–Crippen LogP) is 7.16. The Morgan fingerprint density at radius 3 is 2.11 bits per heavy atom. The summed E-state index contributed by atoms with van der Waals surface area (Å²) in [5.74, 6) is -0.819. The van der Waals surface area contributed by atoms with E-state index < -0.39 is 28.5 Å². The van der Waals surface area contributed by atoms with E-state index in [1.165, 1.54) is 29.2 Å². The number of rotatable bonds is 13. The highest BCUT2D eigenvalue weighted by Gasteiger charge is 2.35. The van der Waals surface area contributed by atoms with Crippen LogP contribution in [0.15, 0.2) is 112 Å². The summed E-state index contributed by atoms with van der Waals surface area (Å²) in [5.41, 5.74) is 2.72. The molecule has 2 amide bonds. The van der Waals surface area contributed by atoms with Crippen LogP contribution in [-0.2, 0) is 32.6 Å². The smallest absolute Gasteiger partial charge is 0.264 e. The zero-order valence-corrected chi connectivity index (χ0v) is 28.6. The maximum absolute atomic E-state index is 14.5. The van der Waals surface area contributed by atoms with Gasteiger partial charge < -0.3 is 10.2 Å². The number of hydrogen-bond donors (Lipinski definition) is 1. The molecule has 0 aliphatic carbocycles. The third-order valence-corrected chi connectivity index (χ3v) is 10.2. The fourth-order valence-electron chi connectivity index (χ4n) is 4.87. The molecule has 0 aliphatic rings. The Kier molecular flexibility index (Phi) is 11.8. The van der Waals surface area contributed by atoms with Gasteiger partial charge in [-0.2, -0.15) is 0 Å². The number of para-hydroxylation sites is 1. The van der Waals surface area contributed by atoms with Gasteiger partial charge in [0.2, 0.25) is 11.8 Å². The van der Waals surface area contributed by atoms with E-state index in [4.69, 9.17) is 11.6 Å². The van der Waals surface area contributed by atoms with Gasteiger partial charge in [0.25, 0.3) is 10.0 Å². The summed E-state index contributed by atoms with van der Waals surface area (Å²) in [5, 5.41) is 3.44. The summed E-state index contributed by atoms with van der Waals surface area (Å²) in [6, 6.07) is 28.8. The zero-order chi connectivity index (χ0) is 32.6. The molecule has 0 saturated carbocycles. The number of carbonyl (C=O) groups excluding carboxylic acids is 2. The normalized spacial score (nSPS) is 12.6. The number of hydrogen-bond acceptors (Lipinski definition) is 4. The van der Waals surface area contributed by atoms with Crippen LogP contribution >= 0.6 is 27.5 Å². The lowest BCUT2D eigenvalue weighted by Gasteiger charge is -2.34. The highest BCUT2D eigenvalue weighted by atomic mass is 79.9. The highest BCUT2D eigenvalue weighted by molar-refractivity contribution is 9.10. The molecule has 0 aromatic heterocycles. The van der Waals surface area contributed by atoms with Gasteiger partial charge in [-0.3, -0.25) is 13.9 Å². The van der Waals surface area contributed by atoms with Crippen molar-refractivity contribution in [2.24, 2.45) is 0 Å². The van der Waals surface area contributed by atoms with Crippen molar-refractivity contribution < 1.29 is 18.0 Å². The number of amides is 2. The number of halogens is 2. The quantitative estimate of drug-likeness (QED) is 0.160. The number of sulfonamides is 1. The van der Waals surface area contributed by atoms with Crippen LogP contribution in [-0.4, -0.2) is 43.8 Å². The molecule has 4 rings (SSSR count). The van der Waals surface area contributed by atoms with Crippen LogP contribution in [0.3, 0.4) is 0 Å². The second-order valence-corrected chi connectivity index (χ2v) is 14.1. The average molecular weight is 711 g/mol. The number of carbonyl (C=O) groups is 2. The second-order valence-electron chi connectivity index (χ2n) is 10.9. The van der Waals surface area contributed by atoms with Crippen LogP contribution in [0, 0.1) is 6.92 Å². The SMILES string of the molecule is CCC(C)NC(=O)C(Cc1ccccc1)N(Cc1ccc(Br)cc1)C(=O)CN(c1ccccc1C)S(=O)(=O)c1ccc(Cl)cc1. The number of benzene rings is 4. The van der Waals surface area contributed by atoms with Crippen LogP contribution in [0.2, 0.25) is 5.02 Å². The van der Waals surface area contributed by atoms with Gasteiger partial charge in [-0.1, -0.05) is 95.1 Å². The van der Waals surface area contributed by atoms with Gasteiger partial charge in [0.05, 0.1) is 10.6 Å². The van der Waals surface area contributed by atoms with Gasteiger partial charge in [-0.15, -0.1) is 0 Å². The molecule has 0 spiro atoms. The van der Waals surface area contributed by atoms with Gasteiger partial charge in [0.15, 0.2) is 0 Å². The van der Waals surface area contributed by atoms with Crippen molar-refractivity contribution in [3.63, 3.8) is 0 Å². The molecule has 4 aromatic rings. The number of anilines is 1. The van der Waals surface area contributed by atoms with Gasteiger partial charge in [-0.05, 0) is 79.4 Å². The average Bonchev–Trinajstić information content (AvgIpc) is 3.03. The topological polar surface area (TPSA) is 86.8 Å². The fourth-order valence-corrected chi connectivity index (χ4v) is 6.74. The molecule has 0 fully saturated rings. The summed E-state index contributed by atoms with van der Waals surface area (Å²) in [4.78, 5) is 29.9. The van der Waals surface area contributed by atoms with Crippen LogP contribution in [0.4, 0.5) is 5.69 Å². The molecule has 0 radical (unpaired) electrons. The highest BCUT2D eigenvalue weighted by Crippen LogP contribution is 2.28. The number of nitrogens with one attached hydrogen (secondary N) is 1. The zero-order valence-electron chi connectivity index (χ0n) is 25.5. The minimum Gasteiger partial charge on any atom is -0.352 e. The van der Waals surface area contributed by atoms with Gasteiger partial charge in [0, 0.05) is 28.5 Å². The molecule has 10 heteroatoms. The van der Waals surface area contributed by atoms with E-state index in [9.17, 15) is 18.0 Å². The van der Waals surface area contributed by atoms with E-state index in [1.807, 2.05) is 74.5 Å². The fraction of sp³-hybridized carbons (Fsp3) is 0.257. The minimum absolute atomic E-state index is 0.00207. The largest absolute Gasteiger partial charge is 0.352 e. The first kappa shape index (κ1) is 34.2. The Morgan fingerprint density at radius 1 is 0.867 bits per heavy atom. The molecule has 45 heavy (non-hydrogen) atoms. The maximum atomic E-state index is 14.5. The molecule has 7 nitrogen and oxygen atoms in total. The summed E-state index contributed by atoms with van der Waals surface area (Å²) in [7, 11) is -4.21. The van der Waals surface area contributed by atoms with Crippen molar-refractivity contribution >= 4 is 55.1 Å². The molecular formula is C35H37BrClN3O4S. The second kappa shape index (κ2) is 15.6. The van der Waals surface area contributed by atoms with E-state index in [0.29, 0.717) is 22.7 Å². The van der Waals surface area contributed by atoms with Crippen molar-refractivity contribution in [2.75, 3.05) is 10.8 Å². The van der Waals surface area contributed by atoms with E-state index in [-0.39, 0.29) is 29.8 Å². The lowest BCUT2D eigenvalue weighted by molar-refractivity contribution is -0.140. The number of nitrogens with zero attached hydrogens (tertiary/aromatic N) is 2. The Labute approximate surface area is 279 Å². The third kappa shape index (κ3) is 8.96. The maximum Gasteiger partial charge on any atom is 0.264 e. The van der Waals surface area contributed by atoms with E-state index in [0.717, 1.165) is 19.9 Å². The Morgan fingerprint density at radius 2 is 1.49 bits per heavy atom. The van der Waals surface area contributed by atoms with Crippen molar-refractivity contribution in [1.82, 2.24) is 10.2 Å². The van der Waals surface area contributed by atoms with Crippen LogP contribution in [0.1, 0.15) is 37.0 Å². The molecule has 0 bridgehead atoms. The summed E-state index contributed by atoms with van der Waals surface area (Å²) >= 11 is 9.52. The Bertz CT molecular complexity index is 1700. The molecule has 236 valence electrons. The van der Waals surface area contributed by atoms with Crippen molar-refractivity contribution in [2.45, 2.75) is 57.1 Å². The predicted molar refractivity (Wildman–Crippen MR) is 184 cm³/mol. The van der Waals surface area contributed by atoms with E-state index >= 15 is 0 Å². The molecular weight excluding hydrogens is 674 g/mol. The first-order valence-corrected chi connectivity index (χ1v) is 17.3. The molecule has 0 saturated heterocycles. The summed E-state index contributed by atoms with van der Waals surface area (Å²) < 4.78 is 30.3. The number of aryl methyl sites for hydroxylation is 1. The van der Waals surface area contributed by atoms with Crippen molar-refractivity contribution in [3.8, 4) is 0 Å². The van der Waals surface area contributed by atoms with Crippen LogP contribution in [0.5, 0.6) is 0 Å². The van der Waals surface area contributed by atoms with Crippen LogP contribution < -0.4 is 9.62 Å². The summed E-state index contributed by atoms with van der Waals surface area (Å²) in [6.07, 6.45) is 0.963. The minimum atomic E-state index is -4.21. The summed E-state index contributed by atoms with van der Waals surface area (Å²) in [6.45, 7) is 5.26. The standard InChI is InChI=1S/C35H37BrClN3O4S/c1-4-26(3)38-35(42)33(22-27-11-6-5-7-12-27)39(23-28-14-16-29(36)17-15-28)34(41)24-40(32-13-9-8-10-25(32)2)45(43,44)31-20-18-30(37)19-21-31/h5-21,26,33H,4,22-24H2,1-3H3,(H,38,42). The molecule has 0 heterocycles. The molecule has 4 aromatic carbocycles. The van der Waals surface area contributed by atoms with Gasteiger partial charge >= 0.3 is 0 Å². The van der Waals surface area contributed by atoms with Crippen molar-refractivity contribution in [3.05, 3.63) is 129 Å². The lowest BCUT2D eigenvalue weighted by Crippen LogP contribution is -2.54. The first-order chi connectivity index (χ1) is 21.5. The van der Waals surface area contributed by atoms with Gasteiger partial charge in [0.1, 0.15) is 12.6 Å². The third-order valence-electron chi connectivity index (χ3n) is 7.60.